The molecule has 2 atom stereocenters. The minimum atomic E-state index is -0.200. The predicted octanol–water partition coefficient (Wildman–Crippen LogP) is 6.67. The quantitative estimate of drug-likeness (QED) is 0.425. The first-order chi connectivity index (χ1) is 15.1. The Balaban J connectivity index is 1.61. The molecule has 2 aliphatic carbocycles. The van der Waals surface area contributed by atoms with Gasteiger partial charge in [-0.2, -0.15) is 4.98 Å². The van der Waals surface area contributed by atoms with E-state index >= 15 is 0 Å². The van der Waals surface area contributed by atoms with Crippen LogP contribution in [0.15, 0.2) is 53.8 Å². The lowest BCUT2D eigenvalue weighted by atomic mass is 9.69. The van der Waals surface area contributed by atoms with Gasteiger partial charge in [0.25, 0.3) is 5.56 Å². The van der Waals surface area contributed by atoms with E-state index < -0.39 is 0 Å². The Hall–Kier alpha value is -2.39. The van der Waals surface area contributed by atoms with Gasteiger partial charge in [0.2, 0.25) is 0 Å². The zero-order chi connectivity index (χ0) is 21.2. The van der Waals surface area contributed by atoms with Crippen LogP contribution in [0, 0.1) is 5.92 Å². The summed E-state index contributed by atoms with van der Waals surface area (Å²) in [6.45, 7) is 4.02. The molecule has 0 N–H and O–H groups in total. The van der Waals surface area contributed by atoms with E-state index in [4.69, 9.17) is 16.6 Å². The molecule has 0 amide bonds. The molecule has 2 fully saturated rings. The molecule has 1 spiro atoms. The molecule has 3 nitrogen and oxygen atoms in total. The second-order valence-corrected chi connectivity index (χ2v) is 10.0. The van der Waals surface area contributed by atoms with Gasteiger partial charge in [-0.05, 0) is 73.3 Å². The number of aromatic nitrogens is 2. The number of nitrogens with zero attached hydrogens (tertiary/aromatic N) is 2. The number of hydrogen-bond acceptors (Lipinski definition) is 2. The average molecular weight is 431 g/mol. The Bertz CT molecular complexity index is 1270. The van der Waals surface area contributed by atoms with Crippen molar-refractivity contribution in [2.24, 2.45) is 5.92 Å². The Labute approximate surface area is 187 Å². The van der Waals surface area contributed by atoms with Gasteiger partial charge in [-0.3, -0.25) is 9.36 Å². The van der Waals surface area contributed by atoms with Crippen molar-refractivity contribution in [3.05, 3.63) is 81.4 Å². The summed E-state index contributed by atoms with van der Waals surface area (Å²) in [5.74, 6) is 2.15. The second kappa shape index (κ2) is 7.06. The van der Waals surface area contributed by atoms with E-state index in [0.717, 1.165) is 24.2 Å². The summed E-state index contributed by atoms with van der Waals surface area (Å²) in [6.07, 6.45) is 11.5. The molecule has 2 heterocycles. The third-order valence-electron chi connectivity index (χ3n) is 8.06. The third kappa shape index (κ3) is 2.72. The molecule has 1 aliphatic heterocycles. The van der Waals surface area contributed by atoms with Crippen LogP contribution in [-0.4, -0.2) is 9.55 Å². The Kier molecular flexibility index (Phi) is 4.40. The van der Waals surface area contributed by atoms with Crippen molar-refractivity contribution in [1.82, 2.24) is 9.55 Å². The maximum atomic E-state index is 13.1. The summed E-state index contributed by atoms with van der Waals surface area (Å²) in [6, 6.07) is 12.8. The first kappa shape index (κ1) is 19.3. The van der Waals surface area contributed by atoms with E-state index in [1.54, 1.807) is 6.07 Å². The molecule has 2 unspecified atom stereocenters. The van der Waals surface area contributed by atoms with E-state index in [-0.39, 0.29) is 11.0 Å². The number of rotatable bonds is 2. The normalized spacial score (nSPS) is 23.8. The molecule has 0 radical (unpaired) electrons. The van der Waals surface area contributed by atoms with Gasteiger partial charge in [0.1, 0.15) is 5.82 Å². The highest BCUT2D eigenvalue weighted by molar-refractivity contribution is 6.35. The molecule has 1 aromatic heterocycles. The van der Waals surface area contributed by atoms with Crippen LogP contribution in [0.4, 0.5) is 0 Å². The number of benzene rings is 2. The van der Waals surface area contributed by atoms with Crippen LogP contribution in [0.1, 0.15) is 74.2 Å². The summed E-state index contributed by atoms with van der Waals surface area (Å²) in [5, 5.41) is 1.01. The van der Waals surface area contributed by atoms with Crippen LogP contribution in [0.25, 0.3) is 16.6 Å². The molecule has 4 heteroatoms. The highest BCUT2D eigenvalue weighted by Gasteiger charge is 2.46. The lowest BCUT2D eigenvalue weighted by Gasteiger charge is -2.34. The van der Waals surface area contributed by atoms with Crippen molar-refractivity contribution in [2.45, 2.75) is 62.7 Å². The molecule has 2 saturated carbocycles. The molecule has 0 saturated heterocycles. The van der Waals surface area contributed by atoms with Crippen LogP contribution in [0.2, 0.25) is 5.02 Å². The van der Waals surface area contributed by atoms with E-state index in [1.807, 2.05) is 12.1 Å². The predicted molar refractivity (Wildman–Crippen MR) is 126 cm³/mol. The first-order valence-electron chi connectivity index (χ1n) is 11.6. The monoisotopic (exact) mass is 430 g/mol. The van der Waals surface area contributed by atoms with Crippen molar-refractivity contribution in [3.63, 3.8) is 0 Å². The van der Waals surface area contributed by atoms with Gasteiger partial charge in [-0.1, -0.05) is 55.1 Å². The van der Waals surface area contributed by atoms with Gasteiger partial charge < -0.3 is 0 Å². The minimum Gasteiger partial charge on any atom is -0.296 e. The first-order valence-corrected chi connectivity index (χ1v) is 12.0. The fourth-order valence-electron chi connectivity index (χ4n) is 6.48. The van der Waals surface area contributed by atoms with E-state index in [2.05, 4.69) is 35.4 Å². The Morgan fingerprint density at radius 1 is 1.13 bits per heavy atom. The van der Waals surface area contributed by atoms with Crippen LogP contribution >= 0.6 is 11.6 Å². The summed E-state index contributed by atoms with van der Waals surface area (Å²) >= 11 is 6.45. The molecule has 31 heavy (non-hydrogen) atoms. The van der Waals surface area contributed by atoms with Crippen LogP contribution in [0.3, 0.4) is 0 Å². The Morgan fingerprint density at radius 2 is 1.97 bits per heavy atom. The highest BCUT2D eigenvalue weighted by atomic mass is 35.5. The van der Waals surface area contributed by atoms with Crippen molar-refractivity contribution in [2.75, 3.05) is 0 Å². The van der Waals surface area contributed by atoms with E-state index in [0.29, 0.717) is 22.2 Å². The number of halogens is 1. The second-order valence-electron chi connectivity index (χ2n) is 9.64. The topological polar surface area (TPSA) is 34.9 Å². The zero-order valence-corrected chi connectivity index (χ0v) is 18.5. The van der Waals surface area contributed by atoms with Crippen molar-refractivity contribution in [3.8, 4) is 5.69 Å². The third-order valence-corrected chi connectivity index (χ3v) is 8.37. The smallest absolute Gasteiger partial charge is 0.282 e. The Morgan fingerprint density at radius 3 is 2.74 bits per heavy atom. The molecule has 6 rings (SSSR count). The minimum absolute atomic E-state index is 0.157. The summed E-state index contributed by atoms with van der Waals surface area (Å²) < 4.78 is 2.23. The lowest BCUT2D eigenvalue weighted by molar-refractivity contribution is 0.338. The summed E-state index contributed by atoms with van der Waals surface area (Å²) in [5.41, 5.74) is 4.51. The number of fused-ring (bicyclic) bond motifs is 7. The standard InChI is InChI=1S/C27H27ClN2O/c1-2-17-9-10-18(15-17)19-11-12-22-20(16-19)27(13-4-3-5-14-27)26-29-25(31)24-21(28)7-6-8-23(24)30(22)26/h2,6-8,11-12,16-18H,1,3-5,9-10,13-15H2. The molecule has 0 bridgehead atoms. The molecule has 3 aliphatic rings. The zero-order valence-electron chi connectivity index (χ0n) is 17.7. The molecule has 158 valence electrons. The molecule has 2 aromatic carbocycles. The maximum absolute atomic E-state index is 13.1. The van der Waals surface area contributed by atoms with Gasteiger partial charge in [0.05, 0.1) is 27.0 Å². The largest absolute Gasteiger partial charge is 0.296 e. The lowest BCUT2D eigenvalue weighted by Crippen LogP contribution is -2.32. The van der Waals surface area contributed by atoms with Gasteiger partial charge in [0, 0.05) is 0 Å². The van der Waals surface area contributed by atoms with Gasteiger partial charge in [-0.25, -0.2) is 0 Å². The van der Waals surface area contributed by atoms with Gasteiger partial charge in [0.15, 0.2) is 0 Å². The number of allylic oxidation sites excluding steroid dienone is 1. The van der Waals surface area contributed by atoms with E-state index in [1.165, 1.54) is 55.3 Å². The average Bonchev–Trinajstić information content (AvgIpc) is 3.37. The van der Waals surface area contributed by atoms with Gasteiger partial charge in [-0.15, -0.1) is 6.58 Å². The van der Waals surface area contributed by atoms with Crippen molar-refractivity contribution >= 4 is 22.5 Å². The molecular weight excluding hydrogens is 404 g/mol. The summed E-state index contributed by atoms with van der Waals surface area (Å²) in [7, 11) is 0. The SMILES string of the molecule is C=CC1CCC(c2ccc3c(c2)C2(CCCCC2)c2nc(=O)c4c(Cl)cccc4n2-3)C1. The fourth-order valence-corrected chi connectivity index (χ4v) is 6.73. The number of hydrogen-bond donors (Lipinski definition) is 0. The fraction of sp³-hybridized carbons (Fsp3) is 0.407. The van der Waals surface area contributed by atoms with Crippen LogP contribution in [-0.2, 0) is 5.41 Å². The van der Waals surface area contributed by atoms with Crippen LogP contribution in [0.5, 0.6) is 0 Å². The van der Waals surface area contributed by atoms with Gasteiger partial charge >= 0.3 is 0 Å². The van der Waals surface area contributed by atoms with Crippen LogP contribution < -0.4 is 5.56 Å². The van der Waals surface area contributed by atoms with E-state index in [9.17, 15) is 4.79 Å². The maximum Gasteiger partial charge on any atom is 0.282 e. The molecule has 3 aromatic rings. The van der Waals surface area contributed by atoms with Crippen molar-refractivity contribution < 1.29 is 0 Å². The highest BCUT2D eigenvalue weighted by Crippen LogP contribution is 2.52. The summed E-state index contributed by atoms with van der Waals surface area (Å²) in [4.78, 5) is 17.8. The molecular formula is C27H27ClN2O. The van der Waals surface area contributed by atoms with Crippen molar-refractivity contribution in [1.29, 1.82) is 0 Å².